The molecule has 0 bridgehead atoms. The van der Waals surface area contributed by atoms with Gasteiger partial charge in [0.05, 0.1) is 13.7 Å². The summed E-state index contributed by atoms with van der Waals surface area (Å²) in [5.74, 6) is 1.84. The summed E-state index contributed by atoms with van der Waals surface area (Å²) in [5.41, 5.74) is 2.37. The maximum absolute atomic E-state index is 9.25. The number of aromatic hydroxyl groups is 1. The summed E-state index contributed by atoms with van der Waals surface area (Å²) in [6.07, 6.45) is 0.925. The lowest BCUT2D eigenvalue weighted by Gasteiger charge is -2.11. The average molecular weight is 301 g/mol. The van der Waals surface area contributed by atoms with E-state index in [4.69, 9.17) is 9.47 Å². The number of methoxy groups -OCH3 is 1. The van der Waals surface area contributed by atoms with Crippen LogP contribution in [0.4, 0.5) is 0 Å². The molecule has 2 rings (SSSR count). The minimum absolute atomic E-state index is 0.304. The van der Waals surface area contributed by atoms with Gasteiger partial charge < -0.3 is 19.9 Å². The molecule has 2 N–H and O–H groups in total. The summed E-state index contributed by atoms with van der Waals surface area (Å²) in [5, 5.41) is 12.7. The van der Waals surface area contributed by atoms with Gasteiger partial charge in [0.25, 0.3) is 0 Å². The van der Waals surface area contributed by atoms with Gasteiger partial charge >= 0.3 is 0 Å². The van der Waals surface area contributed by atoms with Crippen molar-refractivity contribution < 1.29 is 14.6 Å². The first-order valence-corrected chi connectivity index (χ1v) is 7.51. The van der Waals surface area contributed by atoms with Crippen molar-refractivity contribution in [2.45, 2.75) is 19.9 Å². The standard InChI is InChI=1S/C18H23NO3/c1-3-22-18-12-15(6-9-17(18)21-2)13-19-11-10-14-4-7-16(20)8-5-14/h4-9,12,19-20H,3,10-11,13H2,1-2H3. The molecule has 2 aromatic carbocycles. The van der Waals surface area contributed by atoms with Crippen molar-refractivity contribution >= 4 is 0 Å². The van der Waals surface area contributed by atoms with Crippen LogP contribution in [0.1, 0.15) is 18.1 Å². The van der Waals surface area contributed by atoms with E-state index in [9.17, 15) is 5.11 Å². The van der Waals surface area contributed by atoms with Crippen molar-refractivity contribution in [3.8, 4) is 17.2 Å². The molecular formula is C18H23NO3. The molecule has 0 saturated carbocycles. The molecule has 0 saturated heterocycles. The van der Waals surface area contributed by atoms with E-state index in [-0.39, 0.29) is 0 Å². The number of ether oxygens (including phenoxy) is 2. The zero-order valence-electron chi connectivity index (χ0n) is 13.1. The molecular weight excluding hydrogens is 278 g/mol. The Balaban J connectivity index is 1.83. The third kappa shape index (κ3) is 4.67. The van der Waals surface area contributed by atoms with Crippen molar-refractivity contribution in [1.29, 1.82) is 0 Å². The summed E-state index contributed by atoms with van der Waals surface area (Å²) >= 11 is 0. The van der Waals surface area contributed by atoms with Crippen LogP contribution in [0, 0.1) is 0 Å². The molecule has 4 nitrogen and oxygen atoms in total. The van der Waals surface area contributed by atoms with E-state index in [1.165, 1.54) is 5.56 Å². The molecule has 0 aliphatic carbocycles. The minimum atomic E-state index is 0.304. The van der Waals surface area contributed by atoms with Gasteiger partial charge in [0.2, 0.25) is 0 Å². The average Bonchev–Trinajstić information content (AvgIpc) is 2.54. The summed E-state index contributed by atoms with van der Waals surface area (Å²) in [6.45, 7) is 4.24. The second-order valence-electron chi connectivity index (χ2n) is 5.01. The molecule has 0 aliphatic rings. The summed E-state index contributed by atoms with van der Waals surface area (Å²) in [6, 6.07) is 13.3. The molecule has 0 aromatic heterocycles. The maximum Gasteiger partial charge on any atom is 0.161 e. The van der Waals surface area contributed by atoms with Gasteiger partial charge in [0, 0.05) is 6.54 Å². The van der Waals surface area contributed by atoms with Gasteiger partial charge in [-0.1, -0.05) is 18.2 Å². The quantitative estimate of drug-likeness (QED) is 0.736. The Bertz CT molecular complexity index is 581. The van der Waals surface area contributed by atoms with Gasteiger partial charge in [-0.3, -0.25) is 0 Å². The number of phenols is 1. The van der Waals surface area contributed by atoms with E-state index < -0.39 is 0 Å². The molecule has 0 radical (unpaired) electrons. The summed E-state index contributed by atoms with van der Waals surface area (Å²) in [4.78, 5) is 0. The van der Waals surface area contributed by atoms with Crippen molar-refractivity contribution in [3.63, 3.8) is 0 Å². The third-order valence-corrected chi connectivity index (χ3v) is 3.38. The summed E-state index contributed by atoms with van der Waals surface area (Å²) in [7, 11) is 1.65. The minimum Gasteiger partial charge on any atom is -0.508 e. The van der Waals surface area contributed by atoms with Crippen molar-refractivity contribution in [3.05, 3.63) is 53.6 Å². The largest absolute Gasteiger partial charge is 0.508 e. The molecule has 22 heavy (non-hydrogen) atoms. The number of nitrogens with one attached hydrogen (secondary N) is 1. The Morgan fingerprint density at radius 3 is 2.41 bits per heavy atom. The molecule has 0 unspecified atom stereocenters. The monoisotopic (exact) mass is 301 g/mol. The molecule has 4 heteroatoms. The Morgan fingerprint density at radius 1 is 1.00 bits per heavy atom. The number of rotatable bonds is 8. The van der Waals surface area contributed by atoms with E-state index in [1.54, 1.807) is 19.2 Å². The number of hydrogen-bond acceptors (Lipinski definition) is 4. The molecule has 0 spiro atoms. The van der Waals surface area contributed by atoms with Crippen LogP contribution in [0.2, 0.25) is 0 Å². The molecule has 0 atom stereocenters. The summed E-state index contributed by atoms with van der Waals surface area (Å²) < 4.78 is 10.9. The predicted molar refractivity (Wildman–Crippen MR) is 87.7 cm³/mol. The number of benzene rings is 2. The van der Waals surface area contributed by atoms with Crippen molar-refractivity contribution in [1.82, 2.24) is 5.32 Å². The highest BCUT2D eigenvalue weighted by Gasteiger charge is 2.05. The van der Waals surface area contributed by atoms with Crippen LogP contribution in [0.5, 0.6) is 17.2 Å². The lowest BCUT2D eigenvalue weighted by Crippen LogP contribution is -2.16. The van der Waals surface area contributed by atoms with Gasteiger partial charge in [-0.25, -0.2) is 0 Å². The highest BCUT2D eigenvalue weighted by Crippen LogP contribution is 2.27. The lowest BCUT2D eigenvalue weighted by atomic mass is 10.1. The van der Waals surface area contributed by atoms with Crippen molar-refractivity contribution in [2.24, 2.45) is 0 Å². The van der Waals surface area contributed by atoms with E-state index in [1.807, 2.05) is 37.3 Å². The van der Waals surface area contributed by atoms with Gasteiger partial charge in [-0.15, -0.1) is 0 Å². The van der Waals surface area contributed by atoms with Crippen molar-refractivity contribution in [2.75, 3.05) is 20.3 Å². The molecule has 0 heterocycles. The maximum atomic E-state index is 9.25. The fourth-order valence-electron chi connectivity index (χ4n) is 2.23. The zero-order valence-corrected chi connectivity index (χ0v) is 13.1. The van der Waals surface area contributed by atoms with E-state index in [0.29, 0.717) is 12.4 Å². The van der Waals surface area contributed by atoms with Gasteiger partial charge in [0.1, 0.15) is 5.75 Å². The first kappa shape index (κ1) is 16.2. The van der Waals surface area contributed by atoms with Gasteiger partial charge in [0.15, 0.2) is 11.5 Å². The first-order chi connectivity index (χ1) is 10.7. The van der Waals surface area contributed by atoms with Gasteiger partial charge in [-0.2, -0.15) is 0 Å². The molecule has 0 amide bonds. The fraction of sp³-hybridized carbons (Fsp3) is 0.333. The number of phenolic OH excluding ortho intramolecular Hbond substituents is 1. The zero-order chi connectivity index (χ0) is 15.8. The third-order valence-electron chi connectivity index (χ3n) is 3.38. The predicted octanol–water partition coefficient (Wildman–Crippen LogP) is 3.13. The highest BCUT2D eigenvalue weighted by molar-refractivity contribution is 5.42. The van der Waals surface area contributed by atoms with Crippen LogP contribution in [-0.4, -0.2) is 25.4 Å². The topological polar surface area (TPSA) is 50.7 Å². The Morgan fingerprint density at radius 2 is 1.73 bits per heavy atom. The molecule has 0 aliphatic heterocycles. The van der Waals surface area contributed by atoms with Crippen LogP contribution >= 0.6 is 0 Å². The lowest BCUT2D eigenvalue weighted by molar-refractivity contribution is 0.310. The van der Waals surface area contributed by atoms with E-state index in [0.717, 1.165) is 36.6 Å². The van der Waals surface area contributed by atoms with E-state index >= 15 is 0 Å². The molecule has 2 aromatic rings. The Labute approximate surface area is 131 Å². The van der Waals surface area contributed by atoms with Crippen LogP contribution in [0.15, 0.2) is 42.5 Å². The molecule has 118 valence electrons. The molecule has 0 fully saturated rings. The fourth-order valence-corrected chi connectivity index (χ4v) is 2.23. The number of hydrogen-bond donors (Lipinski definition) is 2. The van der Waals surface area contributed by atoms with Crippen LogP contribution in [0.3, 0.4) is 0 Å². The normalized spacial score (nSPS) is 10.5. The smallest absolute Gasteiger partial charge is 0.161 e. The van der Waals surface area contributed by atoms with Crippen LogP contribution < -0.4 is 14.8 Å². The second kappa shape index (κ2) is 8.29. The first-order valence-electron chi connectivity index (χ1n) is 7.51. The van der Waals surface area contributed by atoms with Crippen LogP contribution in [-0.2, 0) is 13.0 Å². The second-order valence-corrected chi connectivity index (χ2v) is 5.01. The van der Waals surface area contributed by atoms with Gasteiger partial charge in [-0.05, 0) is 55.3 Å². The SMILES string of the molecule is CCOc1cc(CNCCc2ccc(O)cc2)ccc1OC. The van der Waals surface area contributed by atoms with E-state index in [2.05, 4.69) is 5.32 Å². The Hall–Kier alpha value is -2.20. The van der Waals surface area contributed by atoms with Crippen LogP contribution in [0.25, 0.3) is 0 Å². The highest BCUT2D eigenvalue weighted by atomic mass is 16.5. The Kier molecular flexibility index (Phi) is 6.10.